The van der Waals surface area contributed by atoms with Gasteiger partial charge in [-0.3, -0.25) is 0 Å². The van der Waals surface area contributed by atoms with E-state index in [2.05, 4.69) is 27.4 Å². The second-order valence-electron chi connectivity index (χ2n) is 4.62. The van der Waals surface area contributed by atoms with Crippen LogP contribution in [0.25, 0.3) is 11.0 Å². The van der Waals surface area contributed by atoms with E-state index in [1.807, 2.05) is 34.4 Å². The van der Waals surface area contributed by atoms with Crippen molar-refractivity contribution in [2.45, 2.75) is 20.0 Å². The van der Waals surface area contributed by atoms with Gasteiger partial charge in [0.05, 0.1) is 17.6 Å². The topological polar surface area (TPSA) is 86.6 Å². The van der Waals surface area contributed by atoms with Crippen molar-refractivity contribution >= 4 is 22.7 Å². The summed E-state index contributed by atoms with van der Waals surface area (Å²) in [5.74, 6) is 1.43. The summed E-state index contributed by atoms with van der Waals surface area (Å²) in [4.78, 5) is 4.32. The molecule has 3 rings (SSSR count). The molecule has 2 aromatic heterocycles. The number of rotatable bonds is 4. The molecule has 0 fully saturated rings. The molecule has 2 heterocycles. The number of hydrogen-bond donors (Lipinski definition) is 2. The fraction of sp³-hybridized carbons (Fsp3) is 0.308. The van der Waals surface area contributed by atoms with Crippen LogP contribution in [0.15, 0.2) is 24.5 Å². The molecular weight excluding hydrogens is 254 g/mol. The van der Waals surface area contributed by atoms with Crippen molar-refractivity contribution in [2.75, 3.05) is 11.1 Å². The standard InChI is InChI=1S/C13H17N7/c1-3-20-8-16-18-12(20)7-15-9-4-5-11-10(6-9)17-13(14)19(11)2/h4-6,8,15H,3,7H2,1-2H3,(H2,14,17). The fourth-order valence-electron chi connectivity index (χ4n) is 2.19. The van der Waals surface area contributed by atoms with E-state index in [4.69, 9.17) is 5.73 Å². The van der Waals surface area contributed by atoms with Gasteiger partial charge in [0.1, 0.15) is 6.33 Å². The van der Waals surface area contributed by atoms with Crippen LogP contribution in [0.2, 0.25) is 0 Å². The molecule has 0 atom stereocenters. The molecule has 0 aliphatic rings. The molecule has 0 unspecified atom stereocenters. The maximum Gasteiger partial charge on any atom is 0.200 e. The third-order valence-corrected chi connectivity index (χ3v) is 3.40. The van der Waals surface area contributed by atoms with Crippen molar-refractivity contribution in [3.63, 3.8) is 0 Å². The van der Waals surface area contributed by atoms with E-state index < -0.39 is 0 Å². The van der Waals surface area contributed by atoms with Gasteiger partial charge in [-0.05, 0) is 25.1 Å². The van der Waals surface area contributed by atoms with E-state index in [0.717, 1.165) is 29.1 Å². The van der Waals surface area contributed by atoms with E-state index >= 15 is 0 Å². The van der Waals surface area contributed by atoms with E-state index in [1.165, 1.54) is 0 Å². The van der Waals surface area contributed by atoms with Crippen LogP contribution in [0.1, 0.15) is 12.7 Å². The molecule has 7 heteroatoms. The van der Waals surface area contributed by atoms with Crippen molar-refractivity contribution in [1.82, 2.24) is 24.3 Å². The highest BCUT2D eigenvalue weighted by Crippen LogP contribution is 2.20. The number of anilines is 2. The Morgan fingerprint density at radius 1 is 1.35 bits per heavy atom. The van der Waals surface area contributed by atoms with Crippen LogP contribution < -0.4 is 11.1 Å². The minimum Gasteiger partial charge on any atom is -0.378 e. The first kappa shape index (κ1) is 12.5. The van der Waals surface area contributed by atoms with Crippen LogP contribution >= 0.6 is 0 Å². The summed E-state index contributed by atoms with van der Waals surface area (Å²) in [7, 11) is 1.90. The molecule has 20 heavy (non-hydrogen) atoms. The van der Waals surface area contributed by atoms with Gasteiger partial charge >= 0.3 is 0 Å². The quantitative estimate of drug-likeness (QED) is 0.748. The van der Waals surface area contributed by atoms with E-state index in [-0.39, 0.29) is 0 Å². The Kier molecular flexibility index (Phi) is 3.02. The van der Waals surface area contributed by atoms with Crippen molar-refractivity contribution in [1.29, 1.82) is 0 Å². The number of imidazole rings is 1. The number of nitrogen functional groups attached to an aromatic ring is 1. The average molecular weight is 271 g/mol. The first-order valence-corrected chi connectivity index (χ1v) is 6.51. The van der Waals surface area contributed by atoms with Gasteiger partial charge < -0.3 is 20.2 Å². The molecule has 0 radical (unpaired) electrons. The highest BCUT2D eigenvalue weighted by atomic mass is 15.3. The Hall–Kier alpha value is -2.57. The molecule has 0 amide bonds. The van der Waals surface area contributed by atoms with Crippen LogP contribution in [-0.4, -0.2) is 24.3 Å². The van der Waals surface area contributed by atoms with Crippen molar-refractivity contribution < 1.29 is 0 Å². The summed E-state index contributed by atoms with van der Waals surface area (Å²) in [5.41, 5.74) is 8.69. The molecule has 0 saturated carbocycles. The van der Waals surface area contributed by atoms with Crippen LogP contribution in [0.3, 0.4) is 0 Å². The average Bonchev–Trinajstić information content (AvgIpc) is 3.02. The fourth-order valence-corrected chi connectivity index (χ4v) is 2.19. The highest BCUT2D eigenvalue weighted by molar-refractivity contribution is 5.81. The van der Waals surface area contributed by atoms with Gasteiger partial charge in [0, 0.05) is 19.3 Å². The molecule has 7 nitrogen and oxygen atoms in total. The van der Waals surface area contributed by atoms with Gasteiger partial charge in [-0.1, -0.05) is 0 Å². The zero-order valence-electron chi connectivity index (χ0n) is 11.5. The second-order valence-corrected chi connectivity index (χ2v) is 4.62. The number of nitrogens with two attached hydrogens (primary N) is 1. The predicted molar refractivity (Wildman–Crippen MR) is 78.1 cm³/mol. The molecule has 1 aromatic carbocycles. The molecule has 3 aromatic rings. The van der Waals surface area contributed by atoms with Gasteiger partial charge in [-0.25, -0.2) is 4.98 Å². The van der Waals surface area contributed by atoms with Crippen molar-refractivity contribution in [3.05, 3.63) is 30.4 Å². The summed E-state index contributed by atoms with van der Waals surface area (Å²) >= 11 is 0. The van der Waals surface area contributed by atoms with Crippen LogP contribution in [0, 0.1) is 0 Å². The second kappa shape index (κ2) is 4.84. The molecule has 3 N–H and O–H groups in total. The largest absolute Gasteiger partial charge is 0.378 e. The minimum atomic E-state index is 0.517. The van der Waals surface area contributed by atoms with E-state index in [1.54, 1.807) is 6.33 Å². The van der Waals surface area contributed by atoms with Crippen LogP contribution in [0.4, 0.5) is 11.6 Å². The summed E-state index contributed by atoms with van der Waals surface area (Å²) in [6, 6.07) is 6.00. The summed E-state index contributed by atoms with van der Waals surface area (Å²) < 4.78 is 3.87. The smallest absolute Gasteiger partial charge is 0.200 e. The molecule has 0 aliphatic heterocycles. The minimum absolute atomic E-state index is 0.517. The van der Waals surface area contributed by atoms with Gasteiger partial charge in [0.25, 0.3) is 0 Å². The normalized spacial score (nSPS) is 11.1. The number of fused-ring (bicyclic) bond motifs is 1. The van der Waals surface area contributed by atoms with Crippen LogP contribution in [-0.2, 0) is 20.1 Å². The van der Waals surface area contributed by atoms with Crippen molar-refractivity contribution in [3.8, 4) is 0 Å². The predicted octanol–water partition coefficient (Wildman–Crippen LogP) is 1.38. The van der Waals surface area contributed by atoms with Gasteiger partial charge in [0.2, 0.25) is 5.95 Å². The summed E-state index contributed by atoms with van der Waals surface area (Å²) in [6.45, 7) is 3.55. The Morgan fingerprint density at radius 3 is 3.00 bits per heavy atom. The zero-order valence-corrected chi connectivity index (χ0v) is 11.5. The van der Waals surface area contributed by atoms with Crippen LogP contribution in [0.5, 0.6) is 0 Å². The first-order chi connectivity index (χ1) is 9.69. The third kappa shape index (κ3) is 2.07. The summed E-state index contributed by atoms with van der Waals surface area (Å²) in [5, 5.41) is 11.3. The number of aromatic nitrogens is 5. The molecule has 104 valence electrons. The SMILES string of the molecule is CCn1cnnc1CNc1ccc2c(c1)nc(N)n2C. The molecular formula is C13H17N7. The number of aryl methyl sites for hydroxylation is 2. The zero-order chi connectivity index (χ0) is 14.1. The lowest BCUT2D eigenvalue weighted by Crippen LogP contribution is -2.07. The van der Waals surface area contributed by atoms with E-state index in [0.29, 0.717) is 12.5 Å². The molecule has 0 saturated heterocycles. The van der Waals surface area contributed by atoms with Gasteiger partial charge in [-0.2, -0.15) is 0 Å². The number of nitrogens with one attached hydrogen (secondary N) is 1. The first-order valence-electron chi connectivity index (χ1n) is 6.51. The molecule has 0 aliphatic carbocycles. The highest BCUT2D eigenvalue weighted by Gasteiger charge is 2.06. The lowest BCUT2D eigenvalue weighted by Gasteiger charge is -2.07. The van der Waals surface area contributed by atoms with Gasteiger partial charge in [0.15, 0.2) is 5.82 Å². The number of hydrogen-bond acceptors (Lipinski definition) is 5. The molecule has 0 spiro atoms. The monoisotopic (exact) mass is 271 g/mol. The number of nitrogens with zero attached hydrogens (tertiary/aromatic N) is 5. The maximum atomic E-state index is 5.80. The lowest BCUT2D eigenvalue weighted by molar-refractivity contribution is 0.708. The van der Waals surface area contributed by atoms with Crippen molar-refractivity contribution in [2.24, 2.45) is 7.05 Å². The Balaban J connectivity index is 1.81. The maximum absolute atomic E-state index is 5.80. The van der Waals surface area contributed by atoms with E-state index in [9.17, 15) is 0 Å². The Bertz CT molecular complexity index is 740. The Labute approximate surface area is 116 Å². The molecule has 0 bridgehead atoms. The lowest BCUT2D eigenvalue weighted by atomic mass is 10.2. The summed E-state index contributed by atoms with van der Waals surface area (Å²) in [6.07, 6.45) is 1.74. The number of benzene rings is 1. The van der Waals surface area contributed by atoms with Gasteiger partial charge in [-0.15, -0.1) is 10.2 Å². The third-order valence-electron chi connectivity index (χ3n) is 3.40. The Morgan fingerprint density at radius 2 is 2.20 bits per heavy atom.